The number of carbonyl (C=O) groups excluding carboxylic acids is 1. The average molecular weight is 496 g/mol. The van der Waals surface area contributed by atoms with Crippen molar-refractivity contribution in [3.63, 3.8) is 0 Å². The Kier molecular flexibility index (Phi) is 6.41. The number of nitrogens with zero attached hydrogens (tertiary/aromatic N) is 1. The summed E-state index contributed by atoms with van der Waals surface area (Å²) < 4.78 is 17.8. The number of ether oxygens (including phenoxy) is 2. The second kappa shape index (κ2) is 10.1. The summed E-state index contributed by atoms with van der Waals surface area (Å²) in [5, 5.41) is 10.7. The van der Waals surface area contributed by atoms with E-state index in [0.29, 0.717) is 23.3 Å². The molecule has 6 heteroatoms. The summed E-state index contributed by atoms with van der Waals surface area (Å²) in [7, 11) is 0. The quantitative estimate of drug-likeness (QED) is 0.301. The maximum atomic E-state index is 13.7. The van der Waals surface area contributed by atoms with E-state index >= 15 is 0 Å². The number of hydrogen-bond donors (Lipinski definition) is 1. The molecule has 0 amide bonds. The van der Waals surface area contributed by atoms with Crippen LogP contribution in [0.25, 0.3) is 22.1 Å². The van der Waals surface area contributed by atoms with Crippen molar-refractivity contribution < 1.29 is 23.8 Å². The molecule has 0 atom stereocenters. The summed E-state index contributed by atoms with van der Waals surface area (Å²) in [5.41, 5.74) is 3.63. The molecule has 1 fully saturated rings. The van der Waals surface area contributed by atoms with Gasteiger partial charge in [-0.2, -0.15) is 0 Å². The van der Waals surface area contributed by atoms with Crippen molar-refractivity contribution in [2.45, 2.75) is 25.7 Å². The summed E-state index contributed by atoms with van der Waals surface area (Å²) in [5.74, 6) is 1.68. The number of furan rings is 1. The van der Waals surface area contributed by atoms with Crippen LogP contribution < -0.4 is 9.47 Å². The van der Waals surface area contributed by atoms with Crippen LogP contribution in [0, 0.1) is 0 Å². The molecule has 3 aromatic carbocycles. The molecule has 2 aliphatic heterocycles. The molecular weight excluding hydrogens is 466 g/mol. The van der Waals surface area contributed by atoms with Crippen LogP contribution in [0.15, 0.2) is 77.4 Å². The number of likely N-dealkylation sites (tertiary alicyclic amines) is 1. The molecule has 3 heterocycles. The topological polar surface area (TPSA) is 72.1 Å². The molecule has 2 aliphatic rings. The highest BCUT2D eigenvalue weighted by Gasteiger charge is 2.25. The monoisotopic (exact) mass is 495 g/mol. The van der Waals surface area contributed by atoms with E-state index in [-0.39, 0.29) is 17.3 Å². The summed E-state index contributed by atoms with van der Waals surface area (Å²) >= 11 is 0. The fourth-order valence-corrected chi connectivity index (χ4v) is 5.12. The predicted molar refractivity (Wildman–Crippen MR) is 142 cm³/mol. The smallest absolute Gasteiger partial charge is 0.228 e. The number of piperidine rings is 1. The zero-order chi connectivity index (χ0) is 25.2. The Labute approximate surface area is 215 Å². The first kappa shape index (κ1) is 23.4. The number of fused-ring (bicyclic) bond motifs is 2. The molecule has 1 N–H and O–H groups in total. The Hall–Kier alpha value is -4.03. The van der Waals surface area contributed by atoms with Gasteiger partial charge in [0.05, 0.1) is 6.26 Å². The normalized spacial score (nSPS) is 15.4. The van der Waals surface area contributed by atoms with Gasteiger partial charge in [-0.1, -0.05) is 18.6 Å². The molecule has 0 aliphatic carbocycles. The van der Waals surface area contributed by atoms with E-state index in [2.05, 4.69) is 4.90 Å². The van der Waals surface area contributed by atoms with Crippen molar-refractivity contribution in [2.24, 2.45) is 0 Å². The van der Waals surface area contributed by atoms with Gasteiger partial charge in [-0.05, 0) is 92.0 Å². The molecule has 37 heavy (non-hydrogen) atoms. The van der Waals surface area contributed by atoms with Crippen LogP contribution in [0.5, 0.6) is 17.2 Å². The van der Waals surface area contributed by atoms with Gasteiger partial charge in [0.25, 0.3) is 0 Å². The zero-order valence-electron chi connectivity index (χ0n) is 20.6. The number of allylic oxidation sites excluding steroid dienone is 1. The Morgan fingerprint density at radius 1 is 0.973 bits per heavy atom. The Morgan fingerprint density at radius 3 is 2.54 bits per heavy atom. The largest absolute Gasteiger partial charge is 0.508 e. The minimum Gasteiger partial charge on any atom is -0.508 e. The summed E-state index contributed by atoms with van der Waals surface area (Å²) in [4.78, 5) is 16.1. The lowest BCUT2D eigenvalue weighted by molar-refractivity contribution is 0.101. The van der Waals surface area contributed by atoms with E-state index in [1.165, 1.54) is 19.3 Å². The van der Waals surface area contributed by atoms with Crippen molar-refractivity contribution in [2.75, 3.05) is 26.2 Å². The molecular formula is C31H29NO5. The first-order chi connectivity index (χ1) is 18.2. The predicted octanol–water partition coefficient (Wildman–Crippen LogP) is 6.35. The standard InChI is InChI=1S/C31H29NO5/c33-24-10-6-21(7-11-24)29-26-19-23-5-4-17-36-27(23)20-28(26)37-31(29)30(34)22-8-12-25(13-9-22)35-18-16-32-14-2-1-3-15-32/h4,6-13,17,19-20,33H,1-3,5,14-16,18H2. The van der Waals surface area contributed by atoms with Crippen molar-refractivity contribution in [1.82, 2.24) is 4.90 Å². The number of ketones is 1. The first-order valence-corrected chi connectivity index (χ1v) is 12.9. The van der Waals surface area contributed by atoms with E-state index in [9.17, 15) is 9.90 Å². The summed E-state index contributed by atoms with van der Waals surface area (Å²) in [6, 6.07) is 17.9. The molecule has 0 bridgehead atoms. The van der Waals surface area contributed by atoms with Gasteiger partial charge >= 0.3 is 0 Å². The number of carbonyl (C=O) groups is 1. The molecule has 6 nitrogen and oxygen atoms in total. The maximum absolute atomic E-state index is 13.7. The van der Waals surface area contributed by atoms with Gasteiger partial charge in [-0.25, -0.2) is 0 Å². The fraction of sp³-hybridized carbons (Fsp3) is 0.258. The lowest BCUT2D eigenvalue weighted by Gasteiger charge is -2.26. The number of rotatable bonds is 7. The lowest BCUT2D eigenvalue weighted by atomic mass is 9.96. The van der Waals surface area contributed by atoms with Gasteiger partial charge in [0.1, 0.15) is 29.4 Å². The van der Waals surface area contributed by atoms with Crippen molar-refractivity contribution in [3.05, 3.63) is 89.9 Å². The minimum atomic E-state index is -0.212. The third kappa shape index (κ3) is 4.85. The third-order valence-electron chi connectivity index (χ3n) is 7.10. The van der Waals surface area contributed by atoms with E-state index < -0.39 is 0 Å². The van der Waals surface area contributed by atoms with Gasteiger partial charge in [0, 0.05) is 29.1 Å². The van der Waals surface area contributed by atoms with Crippen LogP contribution in [0.3, 0.4) is 0 Å². The van der Waals surface area contributed by atoms with Gasteiger partial charge in [-0.15, -0.1) is 0 Å². The van der Waals surface area contributed by atoms with Crippen LogP contribution in [-0.2, 0) is 6.42 Å². The zero-order valence-corrected chi connectivity index (χ0v) is 20.6. The molecule has 0 radical (unpaired) electrons. The number of hydrogen-bond acceptors (Lipinski definition) is 6. The number of phenols is 1. The Bertz CT molecular complexity index is 1440. The van der Waals surface area contributed by atoms with Crippen LogP contribution >= 0.6 is 0 Å². The molecule has 0 spiro atoms. The molecule has 1 aromatic heterocycles. The highest BCUT2D eigenvalue weighted by Crippen LogP contribution is 2.40. The number of benzene rings is 3. The first-order valence-electron chi connectivity index (χ1n) is 12.9. The summed E-state index contributed by atoms with van der Waals surface area (Å²) in [6.07, 6.45) is 8.21. The van der Waals surface area contributed by atoms with Crippen molar-refractivity contribution in [3.8, 4) is 28.4 Å². The van der Waals surface area contributed by atoms with Gasteiger partial charge in [0.2, 0.25) is 5.78 Å². The molecule has 188 valence electrons. The van der Waals surface area contributed by atoms with Crippen LogP contribution in [0.2, 0.25) is 0 Å². The second-order valence-corrected chi connectivity index (χ2v) is 9.61. The highest BCUT2D eigenvalue weighted by atomic mass is 16.5. The van der Waals surface area contributed by atoms with Gasteiger partial charge in [0.15, 0.2) is 5.76 Å². The average Bonchev–Trinajstić information content (AvgIpc) is 3.31. The molecule has 0 saturated carbocycles. The molecule has 4 aromatic rings. The van der Waals surface area contributed by atoms with E-state index in [1.54, 1.807) is 42.7 Å². The van der Waals surface area contributed by atoms with E-state index in [0.717, 1.165) is 54.1 Å². The van der Waals surface area contributed by atoms with Gasteiger partial charge < -0.3 is 19.0 Å². The van der Waals surface area contributed by atoms with Crippen LogP contribution in [-0.4, -0.2) is 42.0 Å². The van der Waals surface area contributed by atoms with Crippen molar-refractivity contribution >= 4 is 16.8 Å². The third-order valence-corrected chi connectivity index (χ3v) is 7.10. The molecule has 0 unspecified atom stereocenters. The Balaban J connectivity index is 1.29. The maximum Gasteiger partial charge on any atom is 0.228 e. The fourth-order valence-electron chi connectivity index (χ4n) is 5.12. The van der Waals surface area contributed by atoms with E-state index in [4.69, 9.17) is 13.9 Å². The van der Waals surface area contributed by atoms with Crippen LogP contribution in [0.1, 0.15) is 40.9 Å². The molecule has 1 saturated heterocycles. The number of aromatic hydroxyl groups is 1. The van der Waals surface area contributed by atoms with Crippen molar-refractivity contribution in [1.29, 1.82) is 0 Å². The molecule has 6 rings (SSSR count). The van der Waals surface area contributed by atoms with Gasteiger partial charge in [-0.3, -0.25) is 9.69 Å². The Morgan fingerprint density at radius 2 is 1.76 bits per heavy atom. The highest BCUT2D eigenvalue weighted by molar-refractivity contribution is 6.16. The summed E-state index contributed by atoms with van der Waals surface area (Å²) in [6.45, 7) is 3.83. The SMILES string of the molecule is O=C(c1ccc(OCCN2CCCCC2)cc1)c1oc2cc3c(cc2c1-c1ccc(O)cc1)CC=CO3. The van der Waals surface area contributed by atoms with E-state index in [1.807, 2.05) is 30.3 Å². The minimum absolute atomic E-state index is 0.163. The number of phenolic OH excluding ortho intramolecular Hbond substituents is 1. The van der Waals surface area contributed by atoms with Crippen LogP contribution in [0.4, 0.5) is 0 Å². The lowest BCUT2D eigenvalue weighted by Crippen LogP contribution is -2.33. The second-order valence-electron chi connectivity index (χ2n) is 9.61.